The first-order valence-corrected chi connectivity index (χ1v) is 6.44. The molecule has 98 valence electrons. The molecule has 0 unspecified atom stereocenters. The fourth-order valence-corrected chi connectivity index (χ4v) is 2.48. The summed E-state index contributed by atoms with van der Waals surface area (Å²) >= 11 is 1.31. The van der Waals surface area contributed by atoms with E-state index in [4.69, 9.17) is 10.00 Å². The van der Waals surface area contributed by atoms with E-state index in [1.807, 2.05) is 6.07 Å². The second kappa shape index (κ2) is 4.68. The molecule has 0 saturated carbocycles. The number of aromatic carboxylic acids is 1. The molecule has 1 aromatic carbocycles. The smallest absolute Gasteiger partial charge is 0.358 e. The lowest BCUT2D eigenvalue weighted by Crippen LogP contribution is -2.02. The van der Waals surface area contributed by atoms with Crippen molar-refractivity contribution < 1.29 is 14.6 Å². The van der Waals surface area contributed by atoms with Gasteiger partial charge in [0.05, 0.1) is 11.6 Å². The van der Waals surface area contributed by atoms with Gasteiger partial charge in [-0.2, -0.15) is 10.2 Å². The van der Waals surface area contributed by atoms with E-state index in [1.165, 1.54) is 21.8 Å². The van der Waals surface area contributed by atoms with Crippen LogP contribution in [-0.4, -0.2) is 20.5 Å². The monoisotopic (exact) mass is 285 g/mol. The third-order valence-corrected chi connectivity index (χ3v) is 3.37. The Hall–Kier alpha value is -2.85. The van der Waals surface area contributed by atoms with Crippen LogP contribution in [-0.2, 0) is 0 Å². The Morgan fingerprint density at radius 3 is 3.10 bits per heavy atom. The Labute approximate surface area is 117 Å². The minimum atomic E-state index is -1.12. The summed E-state index contributed by atoms with van der Waals surface area (Å²) in [7, 11) is 0. The van der Waals surface area contributed by atoms with Gasteiger partial charge in [-0.25, -0.2) is 4.79 Å². The number of carboxylic acid groups (broad SMARTS) is 1. The van der Waals surface area contributed by atoms with Gasteiger partial charge in [-0.05, 0) is 18.2 Å². The molecule has 0 saturated heterocycles. The molecular formula is C13H7N3O3S. The van der Waals surface area contributed by atoms with E-state index in [2.05, 4.69) is 4.98 Å². The third kappa shape index (κ3) is 1.98. The van der Waals surface area contributed by atoms with Gasteiger partial charge in [-0.1, -0.05) is 6.07 Å². The van der Waals surface area contributed by atoms with Gasteiger partial charge in [0.1, 0.15) is 5.75 Å². The second-order valence-corrected chi connectivity index (χ2v) is 4.74. The van der Waals surface area contributed by atoms with Crippen molar-refractivity contribution in [2.24, 2.45) is 0 Å². The molecule has 6 nitrogen and oxygen atoms in total. The molecule has 0 aliphatic heterocycles. The third-order valence-electron chi connectivity index (χ3n) is 2.61. The van der Waals surface area contributed by atoms with E-state index < -0.39 is 5.97 Å². The fraction of sp³-hybridized carbons (Fsp3) is 0. The summed E-state index contributed by atoms with van der Waals surface area (Å²) in [6.07, 6.45) is 1.62. The van der Waals surface area contributed by atoms with E-state index in [0.717, 1.165) is 0 Å². The van der Waals surface area contributed by atoms with Crippen molar-refractivity contribution in [1.82, 2.24) is 9.38 Å². The lowest BCUT2D eigenvalue weighted by molar-refractivity contribution is 0.0686. The largest absolute Gasteiger partial charge is 0.476 e. The number of thiazole rings is 1. The number of ether oxygens (including phenoxy) is 1. The fourth-order valence-electron chi connectivity index (χ4n) is 1.77. The molecule has 0 amide bonds. The van der Waals surface area contributed by atoms with Crippen molar-refractivity contribution in [2.75, 3.05) is 0 Å². The van der Waals surface area contributed by atoms with E-state index in [9.17, 15) is 9.90 Å². The molecule has 0 aliphatic rings. The van der Waals surface area contributed by atoms with E-state index >= 15 is 0 Å². The molecule has 7 heteroatoms. The number of hydrogen-bond acceptors (Lipinski definition) is 5. The van der Waals surface area contributed by atoms with Gasteiger partial charge in [0.2, 0.25) is 0 Å². The highest BCUT2D eigenvalue weighted by molar-refractivity contribution is 7.15. The molecule has 2 heterocycles. The lowest BCUT2D eigenvalue weighted by Gasteiger charge is -2.03. The van der Waals surface area contributed by atoms with Gasteiger partial charge in [0, 0.05) is 11.6 Å². The summed E-state index contributed by atoms with van der Waals surface area (Å²) < 4.78 is 6.95. The summed E-state index contributed by atoms with van der Waals surface area (Å²) in [5.74, 6) is -0.737. The van der Waals surface area contributed by atoms with Crippen LogP contribution in [0.25, 0.3) is 4.96 Å². The number of imidazole rings is 1. The van der Waals surface area contributed by atoms with Crippen LogP contribution in [0, 0.1) is 11.3 Å². The number of nitrogens with zero attached hydrogens (tertiary/aromatic N) is 3. The lowest BCUT2D eigenvalue weighted by atomic mass is 10.2. The molecule has 20 heavy (non-hydrogen) atoms. The Morgan fingerprint density at radius 2 is 2.35 bits per heavy atom. The molecule has 0 radical (unpaired) electrons. The number of rotatable bonds is 3. The molecule has 3 aromatic rings. The maximum absolute atomic E-state index is 11.3. The van der Waals surface area contributed by atoms with Crippen LogP contribution in [0.5, 0.6) is 11.6 Å². The number of benzene rings is 1. The Morgan fingerprint density at radius 1 is 1.50 bits per heavy atom. The van der Waals surface area contributed by atoms with Gasteiger partial charge in [-0.15, -0.1) is 11.3 Å². The molecule has 0 atom stereocenters. The maximum Gasteiger partial charge on any atom is 0.358 e. The second-order valence-electron chi connectivity index (χ2n) is 3.87. The predicted molar refractivity (Wildman–Crippen MR) is 71.3 cm³/mol. The zero-order valence-corrected chi connectivity index (χ0v) is 10.8. The van der Waals surface area contributed by atoms with Gasteiger partial charge >= 0.3 is 5.97 Å². The molecular weight excluding hydrogens is 278 g/mol. The van der Waals surface area contributed by atoms with E-state index in [-0.39, 0.29) is 11.6 Å². The number of nitriles is 1. The highest BCUT2D eigenvalue weighted by Crippen LogP contribution is 2.28. The number of fused-ring (bicyclic) bond motifs is 1. The summed E-state index contributed by atoms with van der Waals surface area (Å²) in [5, 5.41) is 19.8. The van der Waals surface area contributed by atoms with Crippen LogP contribution in [0.3, 0.4) is 0 Å². The Kier molecular flexibility index (Phi) is 2.85. The first-order valence-electron chi connectivity index (χ1n) is 5.56. The van der Waals surface area contributed by atoms with Gasteiger partial charge in [0.25, 0.3) is 5.88 Å². The van der Waals surface area contributed by atoms with Crippen molar-refractivity contribution in [3.63, 3.8) is 0 Å². The van der Waals surface area contributed by atoms with Gasteiger partial charge in [-0.3, -0.25) is 4.40 Å². The minimum absolute atomic E-state index is 0.0134. The molecule has 0 bridgehead atoms. The molecule has 1 N–H and O–H groups in total. The van der Waals surface area contributed by atoms with Gasteiger partial charge < -0.3 is 9.84 Å². The van der Waals surface area contributed by atoms with Crippen LogP contribution >= 0.6 is 11.3 Å². The first kappa shape index (κ1) is 12.2. The van der Waals surface area contributed by atoms with Crippen LogP contribution in [0.4, 0.5) is 0 Å². The molecule has 2 aromatic heterocycles. The molecule has 0 aliphatic carbocycles. The van der Waals surface area contributed by atoms with Crippen molar-refractivity contribution in [3.8, 4) is 17.7 Å². The van der Waals surface area contributed by atoms with Crippen molar-refractivity contribution >= 4 is 22.3 Å². The Balaban J connectivity index is 2.06. The summed E-state index contributed by atoms with van der Waals surface area (Å²) in [5.41, 5.74) is 0.393. The van der Waals surface area contributed by atoms with Gasteiger partial charge in [0.15, 0.2) is 10.7 Å². The summed E-state index contributed by atoms with van der Waals surface area (Å²) in [6.45, 7) is 0. The zero-order valence-electron chi connectivity index (χ0n) is 9.98. The number of carboxylic acids is 1. The number of carbonyl (C=O) groups is 1. The van der Waals surface area contributed by atoms with Crippen molar-refractivity contribution in [3.05, 3.63) is 47.1 Å². The van der Waals surface area contributed by atoms with Crippen molar-refractivity contribution in [1.29, 1.82) is 5.26 Å². The van der Waals surface area contributed by atoms with Crippen molar-refractivity contribution in [2.45, 2.75) is 0 Å². The summed E-state index contributed by atoms with van der Waals surface area (Å²) in [4.78, 5) is 16.0. The van der Waals surface area contributed by atoms with E-state index in [1.54, 1.807) is 29.8 Å². The number of hydrogen-bond donors (Lipinski definition) is 1. The Bertz CT molecular complexity index is 844. The zero-order chi connectivity index (χ0) is 14.1. The molecule has 3 rings (SSSR count). The molecule has 0 fully saturated rings. The molecule has 0 spiro atoms. The highest BCUT2D eigenvalue weighted by Gasteiger charge is 2.21. The topological polar surface area (TPSA) is 87.6 Å². The first-order chi connectivity index (χ1) is 9.69. The quantitative estimate of drug-likeness (QED) is 0.799. The van der Waals surface area contributed by atoms with Crippen LogP contribution in [0.15, 0.2) is 35.8 Å². The van der Waals surface area contributed by atoms with Crippen LogP contribution < -0.4 is 4.74 Å². The standard InChI is InChI=1S/C13H7N3O3S/c14-7-8-2-1-3-9(6-8)19-11-10(12(17)18)16-4-5-20-13(16)15-11/h1-6H,(H,17,18). The maximum atomic E-state index is 11.3. The summed E-state index contributed by atoms with van der Waals surface area (Å²) in [6, 6.07) is 8.45. The average molecular weight is 285 g/mol. The van der Waals surface area contributed by atoms with E-state index in [0.29, 0.717) is 16.3 Å². The number of aromatic nitrogens is 2. The predicted octanol–water partition coefficient (Wildman–Crippen LogP) is 2.76. The minimum Gasteiger partial charge on any atom is -0.476 e. The SMILES string of the molecule is N#Cc1cccc(Oc2nc3sccn3c2C(=O)O)c1. The van der Waals surface area contributed by atoms with Crippen LogP contribution in [0.2, 0.25) is 0 Å². The average Bonchev–Trinajstić information content (AvgIpc) is 2.98. The highest BCUT2D eigenvalue weighted by atomic mass is 32.1. The normalized spacial score (nSPS) is 10.3. The van der Waals surface area contributed by atoms with Crippen LogP contribution in [0.1, 0.15) is 16.1 Å².